The lowest BCUT2D eigenvalue weighted by atomic mass is 10.1. The molecule has 0 unspecified atom stereocenters. The van der Waals surface area contributed by atoms with Gasteiger partial charge in [-0.25, -0.2) is 12.8 Å². The van der Waals surface area contributed by atoms with Crippen LogP contribution in [0.3, 0.4) is 0 Å². The number of para-hydroxylation sites is 1. The number of nitrogens with one attached hydrogen (secondary N) is 1. The molecule has 0 spiro atoms. The molecule has 0 aliphatic carbocycles. The fraction of sp³-hybridized carbons (Fsp3) is 0.333. The summed E-state index contributed by atoms with van der Waals surface area (Å²) < 4.78 is 48.3. The molecular formula is C24H26FN5O5S2. The van der Waals surface area contributed by atoms with Crippen molar-refractivity contribution in [3.8, 4) is 5.69 Å². The van der Waals surface area contributed by atoms with Crippen LogP contribution in [0.15, 0.2) is 58.6 Å². The van der Waals surface area contributed by atoms with E-state index < -0.39 is 15.8 Å². The van der Waals surface area contributed by atoms with Gasteiger partial charge in [-0.05, 0) is 24.3 Å². The largest absolute Gasteiger partial charge is 0.379 e. The lowest BCUT2D eigenvalue weighted by molar-refractivity contribution is -0.118. The van der Waals surface area contributed by atoms with Crippen molar-refractivity contribution >= 4 is 33.5 Å². The van der Waals surface area contributed by atoms with Crippen LogP contribution >= 0.6 is 11.8 Å². The highest BCUT2D eigenvalue weighted by molar-refractivity contribution is 7.99. The number of ether oxygens (including phenoxy) is 1. The zero-order valence-electron chi connectivity index (χ0n) is 20.1. The number of carbonyl (C=O) groups excluding carboxylic acids is 2. The first-order valence-corrected chi connectivity index (χ1v) is 14.0. The van der Waals surface area contributed by atoms with E-state index in [2.05, 4.69) is 15.5 Å². The van der Waals surface area contributed by atoms with Gasteiger partial charge in [0.05, 0.1) is 29.5 Å². The van der Waals surface area contributed by atoms with Gasteiger partial charge in [0, 0.05) is 38.5 Å². The summed E-state index contributed by atoms with van der Waals surface area (Å²) >= 11 is 1.09. The minimum Gasteiger partial charge on any atom is -0.379 e. The van der Waals surface area contributed by atoms with Gasteiger partial charge in [0.15, 0.2) is 10.9 Å². The van der Waals surface area contributed by atoms with Gasteiger partial charge in [-0.15, -0.1) is 10.2 Å². The molecule has 0 atom stereocenters. The van der Waals surface area contributed by atoms with Crippen LogP contribution in [-0.4, -0.2) is 77.8 Å². The van der Waals surface area contributed by atoms with Crippen molar-refractivity contribution in [3.63, 3.8) is 0 Å². The van der Waals surface area contributed by atoms with E-state index in [9.17, 15) is 22.4 Å². The molecule has 196 valence electrons. The summed E-state index contributed by atoms with van der Waals surface area (Å²) in [6.45, 7) is 2.97. The highest BCUT2D eigenvalue weighted by Crippen LogP contribution is 2.25. The lowest BCUT2D eigenvalue weighted by Crippen LogP contribution is -2.40. The number of hydrogen-bond acceptors (Lipinski definition) is 8. The van der Waals surface area contributed by atoms with Crippen molar-refractivity contribution in [2.45, 2.75) is 23.4 Å². The number of aromatic nitrogens is 3. The van der Waals surface area contributed by atoms with Gasteiger partial charge >= 0.3 is 0 Å². The first-order valence-electron chi connectivity index (χ1n) is 11.5. The van der Waals surface area contributed by atoms with Crippen molar-refractivity contribution in [1.82, 2.24) is 24.4 Å². The van der Waals surface area contributed by atoms with Crippen LogP contribution in [0.5, 0.6) is 0 Å². The Kier molecular flexibility index (Phi) is 8.69. The molecule has 1 aliphatic heterocycles. The second-order valence-corrected chi connectivity index (χ2v) is 11.1. The number of nitrogens with zero attached hydrogens (tertiary/aromatic N) is 4. The van der Waals surface area contributed by atoms with Crippen LogP contribution in [0.2, 0.25) is 0 Å². The normalized spacial score (nSPS) is 14.4. The molecule has 2 aromatic carbocycles. The second kappa shape index (κ2) is 11.9. The Morgan fingerprint density at radius 2 is 1.78 bits per heavy atom. The molecule has 1 N–H and O–H groups in total. The number of benzene rings is 2. The summed E-state index contributed by atoms with van der Waals surface area (Å²) in [6.07, 6.45) is 0.314. The average molecular weight is 548 g/mol. The molecule has 0 radical (unpaired) electrons. The van der Waals surface area contributed by atoms with E-state index in [4.69, 9.17) is 4.74 Å². The number of hydrogen-bond donors (Lipinski definition) is 1. The fourth-order valence-electron chi connectivity index (χ4n) is 3.74. The third-order valence-electron chi connectivity index (χ3n) is 5.63. The van der Waals surface area contributed by atoms with Crippen molar-refractivity contribution < 1.29 is 27.1 Å². The smallest absolute Gasteiger partial charge is 0.243 e. The number of amides is 1. The summed E-state index contributed by atoms with van der Waals surface area (Å²) in [4.78, 5) is 24.2. The highest BCUT2D eigenvalue weighted by Gasteiger charge is 2.26. The number of morpholine rings is 1. The van der Waals surface area contributed by atoms with Crippen LogP contribution in [-0.2, 0) is 26.0 Å². The molecule has 13 heteroatoms. The zero-order chi connectivity index (χ0) is 26.4. The summed E-state index contributed by atoms with van der Waals surface area (Å²) in [7, 11) is -3.66. The van der Waals surface area contributed by atoms with Crippen LogP contribution < -0.4 is 5.32 Å². The maximum atomic E-state index is 14.6. The van der Waals surface area contributed by atoms with E-state index in [1.807, 2.05) is 0 Å². The quantitative estimate of drug-likeness (QED) is 0.302. The predicted octanol–water partition coefficient (Wildman–Crippen LogP) is 2.08. The van der Waals surface area contributed by atoms with Crippen LogP contribution in [0.4, 0.5) is 4.39 Å². The number of ketones is 1. The van der Waals surface area contributed by atoms with E-state index in [1.54, 1.807) is 18.2 Å². The molecule has 3 aromatic rings. The van der Waals surface area contributed by atoms with Gasteiger partial charge in [-0.2, -0.15) is 4.31 Å². The Labute approximate surface area is 218 Å². The fourth-order valence-corrected chi connectivity index (χ4v) is 6.01. The number of halogens is 1. The van der Waals surface area contributed by atoms with Gasteiger partial charge in [-0.1, -0.05) is 36.0 Å². The van der Waals surface area contributed by atoms with E-state index in [1.165, 1.54) is 46.1 Å². The predicted molar refractivity (Wildman–Crippen MR) is 135 cm³/mol. The van der Waals surface area contributed by atoms with Crippen LogP contribution in [0.25, 0.3) is 5.69 Å². The minimum absolute atomic E-state index is 0.0200. The molecule has 1 amide bonds. The molecule has 10 nitrogen and oxygen atoms in total. The Balaban J connectivity index is 1.48. The summed E-state index contributed by atoms with van der Waals surface area (Å²) in [6, 6.07) is 12.0. The summed E-state index contributed by atoms with van der Waals surface area (Å²) in [5.74, 6) is -0.502. The van der Waals surface area contributed by atoms with Gasteiger partial charge in [-0.3, -0.25) is 14.2 Å². The maximum absolute atomic E-state index is 14.6. The molecule has 1 aliphatic rings. The van der Waals surface area contributed by atoms with Gasteiger partial charge in [0.2, 0.25) is 15.9 Å². The third kappa shape index (κ3) is 6.42. The highest BCUT2D eigenvalue weighted by atomic mass is 32.2. The van der Waals surface area contributed by atoms with Crippen LogP contribution in [0, 0.1) is 5.82 Å². The number of Topliss-reactive ketones (excluding diaryl/α,β-unsaturated/α-hetero) is 1. The Bertz CT molecular complexity index is 1370. The summed E-state index contributed by atoms with van der Waals surface area (Å²) in [5.41, 5.74) is 0.578. The van der Waals surface area contributed by atoms with Crippen molar-refractivity contribution in [2.75, 3.05) is 38.6 Å². The molecule has 1 fully saturated rings. The maximum Gasteiger partial charge on any atom is 0.243 e. The van der Waals surface area contributed by atoms with Crippen molar-refractivity contribution in [3.05, 3.63) is 65.7 Å². The molecule has 1 aromatic heterocycles. The zero-order valence-corrected chi connectivity index (χ0v) is 21.7. The van der Waals surface area contributed by atoms with E-state index in [0.717, 1.165) is 11.8 Å². The molecule has 0 saturated carbocycles. The molecule has 4 rings (SSSR count). The number of rotatable bonds is 10. The van der Waals surface area contributed by atoms with E-state index >= 15 is 0 Å². The van der Waals surface area contributed by atoms with Gasteiger partial charge in [0.1, 0.15) is 11.6 Å². The molecule has 0 bridgehead atoms. The Morgan fingerprint density at radius 1 is 1.08 bits per heavy atom. The van der Waals surface area contributed by atoms with E-state index in [-0.39, 0.29) is 41.1 Å². The molecular weight excluding hydrogens is 521 g/mol. The molecule has 1 saturated heterocycles. The average Bonchev–Trinajstić information content (AvgIpc) is 3.30. The van der Waals surface area contributed by atoms with E-state index in [0.29, 0.717) is 42.7 Å². The molecule has 37 heavy (non-hydrogen) atoms. The third-order valence-corrected chi connectivity index (χ3v) is 8.47. The SMILES string of the molecule is CC(=O)NCCc1nnc(SCC(=O)c2ccc(S(=O)(=O)N3CCOCC3)cc2)n1-c1ccccc1F. The Hall–Kier alpha value is -3.13. The first kappa shape index (κ1) is 26.9. The second-order valence-electron chi connectivity index (χ2n) is 8.17. The number of sulfonamides is 1. The topological polar surface area (TPSA) is 123 Å². The first-order chi connectivity index (χ1) is 17.8. The van der Waals surface area contributed by atoms with Crippen LogP contribution in [0.1, 0.15) is 23.1 Å². The number of thioether (sulfide) groups is 1. The van der Waals surface area contributed by atoms with Crippen molar-refractivity contribution in [2.24, 2.45) is 0 Å². The Morgan fingerprint density at radius 3 is 2.46 bits per heavy atom. The van der Waals surface area contributed by atoms with Gasteiger partial charge < -0.3 is 10.1 Å². The molecule has 2 heterocycles. The summed E-state index contributed by atoms with van der Waals surface area (Å²) in [5, 5.41) is 11.3. The van der Waals surface area contributed by atoms with Crippen molar-refractivity contribution in [1.29, 1.82) is 0 Å². The lowest BCUT2D eigenvalue weighted by Gasteiger charge is -2.26. The standard InChI is InChI=1S/C24H26FN5O5S2/c1-17(31)26-11-10-23-27-28-24(30(23)21-5-3-2-4-20(21)25)36-16-22(32)18-6-8-19(9-7-18)37(33,34)29-12-14-35-15-13-29/h2-9H,10-16H2,1H3,(H,26,31). The number of carbonyl (C=O) groups is 2. The monoisotopic (exact) mass is 547 g/mol. The minimum atomic E-state index is -3.66. The van der Waals surface area contributed by atoms with Gasteiger partial charge in [0.25, 0.3) is 0 Å².